The molecule has 9 nitrogen and oxygen atoms in total. The largest absolute Gasteiger partial charge is 0.504 e. The second-order valence-electron chi connectivity index (χ2n) is 3.60. The van der Waals surface area contributed by atoms with Crippen LogP contribution >= 0.6 is 0 Å². The lowest BCUT2D eigenvalue weighted by Crippen LogP contribution is -2.15. The molecule has 6 N–H and O–H groups in total. The van der Waals surface area contributed by atoms with Crippen LogP contribution in [0, 0.1) is 0 Å². The Morgan fingerprint density at radius 2 is 1.74 bits per heavy atom. The quantitative estimate of drug-likeness (QED) is 0.274. The molecule has 1 rings (SSSR count). The standard InChI is InChI=1S/C8H12N2O7S2/c9-6-3-5(19(15,16)17)4-7(8(6)11)10-1-2-18(12,13)14/h3-4,10-11H,1-2,9H2,(H,12,13,14)(H,15,16,17). The van der Waals surface area contributed by atoms with Crippen molar-refractivity contribution in [2.24, 2.45) is 0 Å². The summed E-state index contributed by atoms with van der Waals surface area (Å²) in [6.07, 6.45) is 0. The van der Waals surface area contributed by atoms with Crippen molar-refractivity contribution in [3.05, 3.63) is 12.1 Å². The number of nitrogens with two attached hydrogens (primary N) is 1. The number of anilines is 2. The van der Waals surface area contributed by atoms with Crippen LogP contribution in [0.2, 0.25) is 0 Å². The Hall–Kier alpha value is -1.56. The van der Waals surface area contributed by atoms with Gasteiger partial charge in [0.2, 0.25) is 0 Å². The van der Waals surface area contributed by atoms with E-state index in [-0.39, 0.29) is 17.9 Å². The van der Waals surface area contributed by atoms with Gasteiger partial charge in [0.15, 0.2) is 5.75 Å². The number of aromatic hydroxyl groups is 1. The molecule has 0 aliphatic rings. The first-order chi connectivity index (χ1) is 8.50. The second kappa shape index (κ2) is 5.21. The maximum absolute atomic E-state index is 10.9. The number of benzene rings is 1. The number of phenols is 1. The first kappa shape index (κ1) is 15.5. The number of hydrogen-bond donors (Lipinski definition) is 5. The van der Waals surface area contributed by atoms with Crippen molar-refractivity contribution in [1.82, 2.24) is 0 Å². The lowest BCUT2D eigenvalue weighted by Gasteiger charge is -2.11. The Morgan fingerprint density at radius 3 is 2.21 bits per heavy atom. The van der Waals surface area contributed by atoms with Gasteiger partial charge in [0.05, 0.1) is 22.0 Å². The molecular weight excluding hydrogens is 300 g/mol. The monoisotopic (exact) mass is 312 g/mol. The summed E-state index contributed by atoms with van der Waals surface area (Å²) in [7, 11) is -8.72. The summed E-state index contributed by atoms with van der Waals surface area (Å²) in [5, 5.41) is 11.9. The van der Waals surface area contributed by atoms with Crippen LogP contribution in [0.3, 0.4) is 0 Å². The fourth-order valence-corrected chi connectivity index (χ4v) is 2.13. The van der Waals surface area contributed by atoms with Crippen LogP contribution in [0.1, 0.15) is 0 Å². The molecular formula is C8H12N2O7S2. The summed E-state index contributed by atoms with van der Waals surface area (Å²) in [5.74, 6) is -1.15. The number of nitrogens with one attached hydrogen (secondary N) is 1. The van der Waals surface area contributed by atoms with Crippen molar-refractivity contribution in [2.75, 3.05) is 23.3 Å². The predicted octanol–water partition coefficient (Wildman–Crippen LogP) is -0.479. The van der Waals surface area contributed by atoms with Gasteiger partial charge >= 0.3 is 0 Å². The summed E-state index contributed by atoms with van der Waals surface area (Å²) in [4.78, 5) is -0.558. The van der Waals surface area contributed by atoms with Gasteiger partial charge in [-0.3, -0.25) is 9.11 Å². The Morgan fingerprint density at radius 1 is 1.16 bits per heavy atom. The molecule has 0 unspecified atom stereocenters. The van der Waals surface area contributed by atoms with Crippen LogP contribution in [0.4, 0.5) is 11.4 Å². The van der Waals surface area contributed by atoms with E-state index < -0.39 is 36.6 Å². The summed E-state index contributed by atoms with van der Waals surface area (Å²) >= 11 is 0. The molecule has 1 aromatic carbocycles. The number of rotatable bonds is 5. The highest BCUT2D eigenvalue weighted by Gasteiger charge is 2.16. The van der Waals surface area contributed by atoms with Crippen LogP contribution in [0.15, 0.2) is 17.0 Å². The third-order valence-corrected chi connectivity index (χ3v) is 3.64. The highest BCUT2D eigenvalue weighted by molar-refractivity contribution is 7.86. The van der Waals surface area contributed by atoms with Gasteiger partial charge in [0.1, 0.15) is 0 Å². The summed E-state index contributed by atoms with van der Waals surface area (Å²) in [6.45, 7) is -0.291. The zero-order chi connectivity index (χ0) is 14.8. The normalized spacial score (nSPS) is 12.3. The van der Waals surface area contributed by atoms with Crippen LogP contribution in [0.5, 0.6) is 5.75 Å². The van der Waals surface area contributed by atoms with Gasteiger partial charge in [-0.25, -0.2) is 0 Å². The predicted molar refractivity (Wildman–Crippen MR) is 67.2 cm³/mol. The molecule has 19 heavy (non-hydrogen) atoms. The summed E-state index contributed by atoms with van der Waals surface area (Å²) in [5.41, 5.74) is 4.84. The topological polar surface area (TPSA) is 167 Å². The van der Waals surface area contributed by atoms with Crippen molar-refractivity contribution >= 4 is 31.6 Å². The molecule has 0 amide bonds. The zero-order valence-corrected chi connectivity index (χ0v) is 11.1. The molecule has 0 aliphatic carbocycles. The number of nitrogen functional groups attached to an aromatic ring is 1. The Kier molecular flexibility index (Phi) is 4.25. The van der Waals surface area contributed by atoms with Crippen molar-refractivity contribution in [3.8, 4) is 5.75 Å². The highest BCUT2D eigenvalue weighted by Crippen LogP contribution is 2.32. The van der Waals surface area contributed by atoms with E-state index >= 15 is 0 Å². The molecule has 0 radical (unpaired) electrons. The lowest BCUT2D eigenvalue weighted by atomic mass is 10.2. The molecule has 0 fully saturated rings. The highest BCUT2D eigenvalue weighted by atomic mass is 32.2. The SMILES string of the molecule is Nc1cc(S(=O)(=O)O)cc(NCCS(=O)(=O)O)c1O. The van der Waals surface area contributed by atoms with Gasteiger partial charge in [0.25, 0.3) is 20.2 Å². The molecule has 11 heteroatoms. The minimum absolute atomic E-state index is 0.184. The third kappa shape index (κ3) is 4.55. The molecule has 108 valence electrons. The smallest absolute Gasteiger partial charge is 0.294 e. The van der Waals surface area contributed by atoms with E-state index in [1.807, 2.05) is 0 Å². The van der Waals surface area contributed by atoms with Gasteiger partial charge in [-0.1, -0.05) is 0 Å². The maximum Gasteiger partial charge on any atom is 0.294 e. The van der Waals surface area contributed by atoms with E-state index in [4.69, 9.17) is 14.8 Å². The van der Waals surface area contributed by atoms with Crippen LogP contribution in [-0.2, 0) is 20.2 Å². The van der Waals surface area contributed by atoms with Crippen molar-refractivity contribution in [3.63, 3.8) is 0 Å². The number of phenolic OH excluding ortho intramolecular Hbond substituents is 1. The molecule has 0 spiro atoms. The Bertz CT molecular complexity index is 681. The average molecular weight is 312 g/mol. The number of hydrogen-bond acceptors (Lipinski definition) is 7. The summed E-state index contributed by atoms with van der Waals surface area (Å²) in [6, 6.07) is 1.73. The third-order valence-electron chi connectivity index (χ3n) is 2.09. The molecule has 0 aromatic heterocycles. The molecule has 0 heterocycles. The Labute approximate surface area is 109 Å². The first-order valence-corrected chi connectivity index (χ1v) is 7.84. The molecule has 0 bridgehead atoms. The van der Waals surface area contributed by atoms with Crippen LogP contribution in [-0.4, -0.2) is 43.3 Å². The zero-order valence-electron chi connectivity index (χ0n) is 9.44. The van der Waals surface area contributed by atoms with Gasteiger partial charge in [0, 0.05) is 6.54 Å². The van der Waals surface area contributed by atoms with Gasteiger partial charge < -0.3 is 16.2 Å². The van der Waals surface area contributed by atoms with Gasteiger partial charge in [-0.2, -0.15) is 16.8 Å². The first-order valence-electron chi connectivity index (χ1n) is 4.80. The van der Waals surface area contributed by atoms with Crippen molar-refractivity contribution in [2.45, 2.75) is 4.90 Å². The average Bonchev–Trinajstić information content (AvgIpc) is 2.20. The van der Waals surface area contributed by atoms with Crippen LogP contribution in [0.25, 0.3) is 0 Å². The maximum atomic E-state index is 10.9. The van der Waals surface area contributed by atoms with E-state index in [9.17, 15) is 21.9 Å². The molecule has 0 saturated heterocycles. The van der Waals surface area contributed by atoms with E-state index in [1.165, 1.54) is 0 Å². The van der Waals surface area contributed by atoms with Crippen molar-refractivity contribution < 1.29 is 31.0 Å². The van der Waals surface area contributed by atoms with Gasteiger partial charge in [-0.05, 0) is 12.1 Å². The molecule has 1 aromatic rings. The fourth-order valence-electron chi connectivity index (χ4n) is 1.23. The van der Waals surface area contributed by atoms with E-state index in [0.29, 0.717) is 0 Å². The molecule has 0 atom stereocenters. The van der Waals surface area contributed by atoms with Gasteiger partial charge in [-0.15, -0.1) is 0 Å². The minimum atomic E-state index is -4.52. The summed E-state index contributed by atoms with van der Waals surface area (Å²) < 4.78 is 60.2. The van der Waals surface area contributed by atoms with Crippen LogP contribution < -0.4 is 11.1 Å². The Balaban J connectivity index is 3.04. The van der Waals surface area contributed by atoms with Crippen molar-refractivity contribution in [1.29, 1.82) is 0 Å². The lowest BCUT2D eigenvalue weighted by molar-refractivity contribution is 0.474. The van der Waals surface area contributed by atoms with E-state index in [2.05, 4.69) is 5.32 Å². The fraction of sp³-hybridized carbons (Fsp3) is 0.250. The molecule has 0 saturated carbocycles. The minimum Gasteiger partial charge on any atom is -0.504 e. The van der Waals surface area contributed by atoms with E-state index in [1.54, 1.807) is 0 Å². The second-order valence-corrected chi connectivity index (χ2v) is 6.59. The molecule has 0 aliphatic heterocycles. The van der Waals surface area contributed by atoms with E-state index in [0.717, 1.165) is 12.1 Å².